The SMILES string of the molecule is C=CC(=O)Nc1cc(Nc2cc(N3OCCC3c3ccc(Cl)cc3F)ncn2)c(OC)cc1N1CCC(N2CCN(CC)CC2)CC1. The minimum absolute atomic E-state index is 0.304. The zero-order chi connectivity index (χ0) is 32.9. The molecule has 3 aliphatic heterocycles. The molecule has 0 radical (unpaired) electrons. The molecular weight excluding hydrogens is 623 g/mol. The van der Waals surface area contributed by atoms with E-state index in [1.807, 2.05) is 12.1 Å². The fraction of sp³-hybridized carbons (Fsp3) is 0.441. The number of methoxy groups -OCH3 is 1. The molecule has 1 amide bonds. The summed E-state index contributed by atoms with van der Waals surface area (Å²) in [5.41, 5.74) is 2.61. The van der Waals surface area contributed by atoms with Crippen LogP contribution >= 0.6 is 11.6 Å². The Kier molecular flexibility index (Phi) is 10.4. The molecule has 6 rings (SSSR count). The summed E-state index contributed by atoms with van der Waals surface area (Å²) in [6.45, 7) is 13.6. The normalized spacial score (nSPS) is 19.5. The third-order valence-corrected chi connectivity index (χ3v) is 9.54. The molecule has 1 atom stereocenters. The van der Waals surface area contributed by atoms with Crippen LogP contribution in [0.25, 0.3) is 0 Å². The zero-order valence-corrected chi connectivity index (χ0v) is 27.7. The predicted octanol–water partition coefficient (Wildman–Crippen LogP) is 5.64. The number of anilines is 5. The standard InChI is InChI=1S/C34H42ClFN8O3/c1-4-34(45)40-27-19-28(31(46-3)20-30(27)43-11-8-24(9-12-43)42-15-13-41(5-2)14-16-42)39-32-21-33(38-22-37-32)44-29(10-17-47-44)25-7-6-23(35)18-26(25)36/h4,6-7,18-22,24,29H,1,5,8-17H2,2-3H3,(H,40,45)(H,37,38,39). The Labute approximate surface area is 280 Å². The topological polar surface area (TPSA) is 98.3 Å². The Morgan fingerprint density at radius 2 is 1.87 bits per heavy atom. The molecule has 3 aromatic rings. The van der Waals surface area contributed by atoms with Crippen molar-refractivity contribution in [2.45, 2.75) is 38.3 Å². The summed E-state index contributed by atoms with van der Waals surface area (Å²) in [6, 6.07) is 10.3. The average Bonchev–Trinajstić information content (AvgIpc) is 3.58. The lowest BCUT2D eigenvalue weighted by molar-refractivity contribution is -0.111. The molecule has 3 aliphatic rings. The number of piperidine rings is 1. The Bertz CT molecular complexity index is 1580. The van der Waals surface area contributed by atoms with Crippen LogP contribution < -0.4 is 25.3 Å². The van der Waals surface area contributed by atoms with Crippen LogP contribution in [0.5, 0.6) is 5.75 Å². The zero-order valence-electron chi connectivity index (χ0n) is 26.9. The molecule has 13 heteroatoms. The Hall–Kier alpha value is -3.97. The van der Waals surface area contributed by atoms with E-state index in [9.17, 15) is 9.18 Å². The molecule has 0 spiro atoms. The van der Waals surface area contributed by atoms with Crippen molar-refractivity contribution in [2.24, 2.45) is 0 Å². The van der Waals surface area contributed by atoms with Crippen LogP contribution in [-0.4, -0.2) is 91.2 Å². The lowest BCUT2D eigenvalue weighted by atomic mass is 10.0. The predicted molar refractivity (Wildman–Crippen MR) is 183 cm³/mol. The molecule has 47 heavy (non-hydrogen) atoms. The number of benzene rings is 2. The van der Waals surface area contributed by atoms with Gasteiger partial charge >= 0.3 is 0 Å². The van der Waals surface area contributed by atoms with E-state index in [1.165, 1.54) is 18.5 Å². The van der Waals surface area contributed by atoms with Gasteiger partial charge in [-0.1, -0.05) is 31.2 Å². The van der Waals surface area contributed by atoms with Crippen molar-refractivity contribution >= 4 is 46.2 Å². The maximum Gasteiger partial charge on any atom is 0.247 e. The van der Waals surface area contributed by atoms with Crippen LogP contribution in [0.3, 0.4) is 0 Å². The van der Waals surface area contributed by atoms with Gasteiger partial charge in [-0.15, -0.1) is 0 Å². The maximum atomic E-state index is 14.8. The largest absolute Gasteiger partial charge is 0.494 e. The number of nitrogens with one attached hydrogen (secondary N) is 2. The summed E-state index contributed by atoms with van der Waals surface area (Å²) in [5.74, 6) is 0.824. The molecule has 0 saturated carbocycles. The van der Waals surface area contributed by atoms with Crippen LogP contribution in [0, 0.1) is 5.82 Å². The number of carbonyl (C=O) groups excluding carboxylic acids is 1. The quantitative estimate of drug-likeness (QED) is 0.265. The fourth-order valence-electron chi connectivity index (χ4n) is 6.72. The molecule has 0 bridgehead atoms. The van der Waals surface area contributed by atoms with Crippen molar-refractivity contribution in [3.63, 3.8) is 0 Å². The molecule has 1 aromatic heterocycles. The number of amides is 1. The third kappa shape index (κ3) is 7.46. The molecule has 1 unspecified atom stereocenters. The van der Waals surface area contributed by atoms with Crippen molar-refractivity contribution in [2.75, 3.05) is 80.1 Å². The monoisotopic (exact) mass is 664 g/mol. The van der Waals surface area contributed by atoms with Crippen molar-refractivity contribution in [3.8, 4) is 5.75 Å². The van der Waals surface area contributed by atoms with Crippen LogP contribution in [-0.2, 0) is 9.63 Å². The number of halogens is 2. The highest BCUT2D eigenvalue weighted by atomic mass is 35.5. The molecule has 2 N–H and O–H groups in total. The summed E-state index contributed by atoms with van der Waals surface area (Å²) in [4.78, 5) is 34.7. The van der Waals surface area contributed by atoms with Gasteiger partial charge in [-0.2, -0.15) is 0 Å². The first kappa shape index (κ1) is 33.0. The second kappa shape index (κ2) is 14.8. The minimum Gasteiger partial charge on any atom is -0.494 e. The Balaban J connectivity index is 1.21. The first-order valence-electron chi connectivity index (χ1n) is 16.2. The highest BCUT2D eigenvalue weighted by Gasteiger charge is 2.32. The van der Waals surface area contributed by atoms with Crippen molar-refractivity contribution < 1.29 is 18.8 Å². The van der Waals surface area contributed by atoms with Gasteiger partial charge in [-0.3, -0.25) is 14.5 Å². The number of hydroxylamine groups is 1. The second-order valence-electron chi connectivity index (χ2n) is 12.0. The molecule has 3 saturated heterocycles. The van der Waals surface area contributed by atoms with Crippen molar-refractivity contribution in [1.29, 1.82) is 0 Å². The highest BCUT2D eigenvalue weighted by molar-refractivity contribution is 6.30. The molecule has 2 aromatic carbocycles. The first-order valence-corrected chi connectivity index (χ1v) is 16.6. The van der Waals surface area contributed by atoms with Gasteiger partial charge in [0.1, 0.15) is 23.7 Å². The van der Waals surface area contributed by atoms with Gasteiger partial charge in [0, 0.05) is 74.5 Å². The van der Waals surface area contributed by atoms with Crippen LogP contribution in [0.4, 0.5) is 33.1 Å². The van der Waals surface area contributed by atoms with Gasteiger partial charge in [-0.25, -0.2) is 19.4 Å². The number of carbonyl (C=O) groups is 1. The van der Waals surface area contributed by atoms with Gasteiger partial charge < -0.3 is 25.2 Å². The number of aromatic nitrogens is 2. The number of nitrogens with zero attached hydrogens (tertiary/aromatic N) is 6. The highest BCUT2D eigenvalue weighted by Crippen LogP contribution is 2.41. The molecule has 0 aliphatic carbocycles. The van der Waals surface area contributed by atoms with E-state index in [1.54, 1.807) is 30.4 Å². The molecule has 250 valence electrons. The summed E-state index contributed by atoms with van der Waals surface area (Å²) < 4.78 is 20.7. The van der Waals surface area contributed by atoms with Crippen molar-refractivity contribution in [3.05, 3.63) is 71.8 Å². The first-order chi connectivity index (χ1) is 22.9. The van der Waals surface area contributed by atoms with Gasteiger partial charge in [0.2, 0.25) is 5.91 Å². The minimum atomic E-state index is -0.400. The summed E-state index contributed by atoms with van der Waals surface area (Å²) in [6.07, 6.45) is 5.36. The fourth-order valence-corrected chi connectivity index (χ4v) is 6.88. The smallest absolute Gasteiger partial charge is 0.247 e. The Morgan fingerprint density at radius 3 is 2.57 bits per heavy atom. The number of ether oxygens (including phenoxy) is 1. The average molecular weight is 665 g/mol. The van der Waals surface area contributed by atoms with E-state index in [-0.39, 0.29) is 11.9 Å². The number of rotatable bonds is 10. The van der Waals surface area contributed by atoms with Crippen LogP contribution in [0.1, 0.15) is 37.8 Å². The maximum absolute atomic E-state index is 14.8. The van der Waals surface area contributed by atoms with Crippen molar-refractivity contribution in [1.82, 2.24) is 19.8 Å². The molecular formula is C34H42ClFN8O3. The van der Waals surface area contributed by atoms with E-state index in [0.717, 1.165) is 64.3 Å². The molecule has 11 nitrogen and oxygen atoms in total. The van der Waals surface area contributed by atoms with E-state index < -0.39 is 5.82 Å². The second-order valence-corrected chi connectivity index (χ2v) is 12.4. The summed E-state index contributed by atoms with van der Waals surface area (Å²) in [7, 11) is 1.61. The molecule has 4 heterocycles. The third-order valence-electron chi connectivity index (χ3n) is 9.30. The van der Waals surface area contributed by atoms with Gasteiger partial charge in [-0.05, 0) is 43.7 Å². The van der Waals surface area contributed by atoms with Crippen LogP contribution in [0.15, 0.2) is 55.4 Å². The van der Waals surface area contributed by atoms with E-state index in [0.29, 0.717) is 58.4 Å². The lowest BCUT2D eigenvalue weighted by Gasteiger charge is -2.43. The Morgan fingerprint density at radius 1 is 1.09 bits per heavy atom. The summed E-state index contributed by atoms with van der Waals surface area (Å²) in [5, 5.41) is 8.25. The van der Waals surface area contributed by atoms with Gasteiger partial charge in [0.15, 0.2) is 5.82 Å². The van der Waals surface area contributed by atoms with E-state index in [2.05, 4.69) is 48.8 Å². The summed E-state index contributed by atoms with van der Waals surface area (Å²) >= 11 is 5.99. The molecule has 3 fully saturated rings. The number of hydrogen-bond donors (Lipinski definition) is 2. The number of piperazine rings is 1. The number of hydrogen-bond acceptors (Lipinski definition) is 10. The van der Waals surface area contributed by atoms with Gasteiger partial charge in [0.05, 0.1) is 36.8 Å². The van der Waals surface area contributed by atoms with Crippen LogP contribution in [0.2, 0.25) is 5.02 Å². The lowest BCUT2D eigenvalue weighted by Crippen LogP contribution is -2.53. The van der Waals surface area contributed by atoms with E-state index >= 15 is 0 Å². The van der Waals surface area contributed by atoms with Gasteiger partial charge in [0.25, 0.3) is 0 Å². The number of likely N-dealkylation sites (N-methyl/N-ethyl adjacent to an activating group) is 1. The van der Waals surface area contributed by atoms with E-state index in [4.69, 9.17) is 21.2 Å².